The lowest BCUT2D eigenvalue weighted by molar-refractivity contribution is 0.813. The Labute approximate surface area is 109 Å². The van der Waals surface area contributed by atoms with Gasteiger partial charge >= 0.3 is 0 Å². The molecule has 0 saturated heterocycles. The molecule has 0 spiro atoms. The molecule has 2 heteroatoms. The van der Waals surface area contributed by atoms with E-state index in [9.17, 15) is 0 Å². The Morgan fingerprint density at radius 1 is 0.944 bits per heavy atom. The fraction of sp³-hybridized carbons (Fsp3) is 0.250. The van der Waals surface area contributed by atoms with Crippen LogP contribution in [0.25, 0.3) is 0 Å². The van der Waals surface area contributed by atoms with Gasteiger partial charge < -0.3 is 10.2 Å². The van der Waals surface area contributed by atoms with Gasteiger partial charge in [-0.15, -0.1) is 0 Å². The Balaban J connectivity index is 2.07. The molecule has 0 aliphatic heterocycles. The zero-order valence-corrected chi connectivity index (χ0v) is 11.1. The van der Waals surface area contributed by atoms with Crippen molar-refractivity contribution in [3.05, 3.63) is 65.7 Å². The molecule has 0 heterocycles. The van der Waals surface area contributed by atoms with Crippen LogP contribution in [-0.4, -0.2) is 14.1 Å². The minimum Gasteiger partial charge on any atom is -0.370 e. The van der Waals surface area contributed by atoms with Crippen molar-refractivity contribution in [3.8, 4) is 0 Å². The van der Waals surface area contributed by atoms with Crippen molar-refractivity contribution in [3.63, 3.8) is 0 Å². The molecule has 1 N–H and O–H groups in total. The van der Waals surface area contributed by atoms with Crippen molar-refractivity contribution in [2.24, 2.45) is 0 Å². The summed E-state index contributed by atoms with van der Waals surface area (Å²) in [7, 11) is 4.10. The van der Waals surface area contributed by atoms with Gasteiger partial charge in [-0.25, -0.2) is 0 Å². The average Bonchev–Trinajstić information content (AvgIpc) is 2.40. The lowest BCUT2D eigenvalue weighted by Gasteiger charge is -2.19. The van der Waals surface area contributed by atoms with Gasteiger partial charge in [0, 0.05) is 25.8 Å². The number of hydrogen-bond acceptors (Lipinski definition) is 2. The van der Waals surface area contributed by atoms with E-state index in [1.165, 1.54) is 16.8 Å². The first-order chi connectivity index (χ1) is 8.79. The molecule has 0 bridgehead atoms. The number of nitrogens with zero attached hydrogens (tertiary/aromatic N) is 1. The quantitative estimate of drug-likeness (QED) is 0.864. The Morgan fingerprint density at radius 2 is 1.67 bits per heavy atom. The maximum Gasteiger partial charge on any atom is 0.0426 e. The number of hydrogen-bond donors (Lipinski definition) is 1. The van der Waals surface area contributed by atoms with E-state index in [1.807, 2.05) is 13.1 Å². The van der Waals surface area contributed by atoms with E-state index < -0.39 is 0 Å². The summed E-state index contributed by atoms with van der Waals surface area (Å²) in [6, 6.07) is 19.2. The van der Waals surface area contributed by atoms with Gasteiger partial charge in [0.2, 0.25) is 0 Å². The highest BCUT2D eigenvalue weighted by atomic mass is 15.1. The third kappa shape index (κ3) is 3.34. The molecular weight excluding hydrogens is 220 g/mol. The van der Waals surface area contributed by atoms with E-state index in [-0.39, 0.29) is 0 Å². The van der Waals surface area contributed by atoms with Crippen molar-refractivity contribution in [2.75, 3.05) is 19.0 Å². The second-order valence-corrected chi connectivity index (χ2v) is 4.54. The van der Waals surface area contributed by atoms with E-state index in [0.717, 1.165) is 13.1 Å². The first-order valence-corrected chi connectivity index (χ1v) is 6.28. The largest absolute Gasteiger partial charge is 0.370 e. The molecule has 0 amide bonds. The van der Waals surface area contributed by atoms with Gasteiger partial charge in [0.05, 0.1) is 0 Å². The fourth-order valence-electron chi connectivity index (χ4n) is 2.09. The summed E-state index contributed by atoms with van der Waals surface area (Å²) in [6.45, 7) is 1.85. The van der Waals surface area contributed by atoms with Gasteiger partial charge in [-0.3, -0.25) is 0 Å². The Bertz CT molecular complexity index is 479. The monoisotopic (exact) mass is 240 g/mol. The lowest BCUT2D eigenvalue weighted by atomic mass is 10.1. The number of rotatable bonds is 5. The Morgan fingerprint density at radius 3 is 2.39 bits per heavy atom. The molecule has 0 saturated carbocycles. The van der Waals surface area contributed by atoms with Crippen LogP contribution in [0.15, 0.2) is 54.6 Å². The molecule has 2 nitrogen and oxygen atoms in total. The van der Waals surface area contributed by atoms with Crippen LogP contribution in [0.1, 0.15) is 11.1 Å². The zero-order chi connectivity index (χ0) is 12.8. The molecule has 18 heavy (non-hydrogen) atoms. The minimum absolute atomic E-state index is 0.920. The van der Waals surface area contributed by atoms with Crippen LogP contribution in [0.3, 0.4) is 0 Å². The SMILES string of the molecule is CNCc1cccc(CN(C)c2ccccc2)c1. The van der Waals surface area contributed by atoms with Gasteiger partial charge in [0.1, 0.15) is 0 Å². The Kier molecular flexibility index (Phi) is 4.37. The van der Waals surface area contributed by atoms with Crippen LogP contribution in [0, 0.1) is 0 Å². The molecule has 94 valence electrons. The second kappa shape index (κ2) is 6.22. The maximum absolute atomic E-state index is 3.18. The summed E-state index contributed by atoms with van der Waals surface area (Å²) in [4.78, 5) is 2.26. The highest BCUT2D eigenvalue weighted by molar-refractivity contribution is 5.45. The molecule has 0 radical (unpaired) electrons. The summed E-state index contributed by atoms with van der Waals surface area (Å²) in [5.74, 6) is 0. The van der Waals surface area contributed by atoms with Crippen LogP contribution >= 0.6 is 0 Å². The number of anilines is 1. The smallest absolute Gasteiger partial charge is 0.0426 e. The van der Waals surface area contributed by atoms with Crippen molar-refractivity contribution < 1.29 is 0 Å². The molecule has 2 aromatic rings. The van der Waals surface area contributed by atoms with E-state index >= 15 is 0 Å². The van der Waals surface area contributed by atoms with Crippen LogP contribution in [0.5, 0.6) is 0 Å². The first-order valence-electron chi connectivity index (χ1n) is 6.28. The maximum atomic E-state index is 3.18. The number of benzene rings is 2. The second-order valence-electron chi connectivity index (χ2n) is 4.54. The van der Waals surface area contributed by atoms with Crippen molar-refractivity contribution in [1.82, 2.24) is 5.32 Å². The first kappa shape index (κ1) is 12.7. The van der Waals surface area contributed by atoms with Crippen LogP contribution in [0.4, 0.5) is 5.69 Å². The molecule has 0 aliphatic carbocycles. The van der Waals surface area contributed by atoms with Crippen LogP contribution in [0.2, 0.25) is 0 Å². The Hall–Kier alpha value is -1.80. The van der Waals surface area contributed by atoms with Crippen molar-refractivity contribution >= 4 is 5.69 Å². The summed E-state index contributed by atoms with van der Waals surface area (Å²) >= 11 is 0. The number of para-hydroxylation sites is 1. The van der Waals surface area contributed by atoms with E-state index in [1.54, 1.807) is 0 Å². The molecule has 0 aromatic heterocycles. The van der Waals surface area contributed by atoms with E-state index in [2.05, 4.69) is 65.8 Å². The van der Waals surface area contributed by atoms with Gasteiger partial charge in [-0.2, -0.15) is 0 Å². The third-order valence-corrected chi connectivity index (χ3v) is 2.99. The topological polar surface area (TPSA) is 15.3 Å². The van der Waals surface area contributed by atoms with Crippen LogP contribution in [-0.2, 0) is 13.1 Å². The van der Waals surface area contributed by atoms with Gasteiger partial charge in [-0.1, -0.05) is 42.5 Å². The normalized spacial score (nSPS) is 10.3. The highest BCUT2D eigenvalue weighted by Crippen LogP contribution is 2.15. The lowest BCUT2D eigenvalue weighted by Crippen LogP contribution is -2.16. The summed E-state index contributed by atoms with van der Waals surface area (Å²) in [6.07, 6.45) is 0. The molecule has 0 atom stereocenters. The van der Waals surface area contributed by atoms with Gasteiger partial charge in [0.25, 0.3) is 0 Å². The van der Waals surface area contributed by atoms with E-state index in [0.29, 0.717) is 0 Å². The molecule has 2 rings (SSSR count). The average molecular weight is 240 g/mol. The number of nitrogens with one attached hydrogen (secondary N) is 1. The summed E-state index contributed by atoms with van der Waals surface area (Å²) in [5, 5.41) is 3.18. The fourth-order valence-corrected chi connectivity index (χ4v) is 2.09. The van der Waals surface area contributed by atoms with Gasteiger partial charge in [0.15, 0.2) is 0 Å². The summed E-state index contributed by atoms with van der Waals surface area (Å²) in [5.41, 5.74) is 3.92. The standard InChI is InChI=1S/C16H20N2/c1-17-12-14-7-6-8-15(11-14)13-18(2)16-9-4-3-5-10-16/h3-11,17H,12-13H2,1-2H3. The highest BCUT2D eigenvalue weighted by Gasteiger charge is 2.02. The van der Waals surface area contributed by atoms with Crippen molar-refractivity contribution in [2.45, 2.75) is 13.1 Å². The predicted octanol–water partition coefficient (Wildman–Crippen LogP) is 3.04. The summed E-state index contributed by atoms with van der Waals surface area (Å²) < 4.78 is 0. The molecule has 0 aliphatic rings. The van der Waals surface area contributed by atoms with Crippen molar-refractivity contribution in [1.29, 1.82) is 0 Å². The predicted molar refractivity (Wildman–Crippen MR) is 77.8 cm³/mol. The third-order valence-electron chi connectivity index (χ3n) is 2.99. The zero-order valence-electron chi connectivity index (χ0n) is 11.1. The minimum atomic E-state index is 0.920. The molecule has 0 fully saturated rings. The molecule has 2 aromatic carbocycles. The van der Waals surface area contributed by atoms with E-state index in [4.69, 9.17) is 0 Å². The molecule has 0 unspecified atom stereocenters. The molecular formula is C16H20N2. The van der Waals surface area contributed by atoms with Crippen LogP contribution < -0.4 is 10.2 Å². The van der Waals surface area contributed by atoms with Gasteiger partial charge in [-0.05, 0) is 30.3 Å².